The fourth-order valence-electron chi connectivity index (χ4n) is 0.905. The van der Waals surface area contributed by atoms with Crippen LogP contribution in [0.4, 0.5) is 0 Å². The second kappa shape index (κ2) is 7.19. The zero-order chi connectivity index (χ0) is 13.4. The van der Waals surface area contributed by atoms with Crippen molar-refractivity contribution in [1.82, 2.24) is 20.3 Å². The summed E-state index contributed by atoms with van der Waals surface area (Å²) in [5, 5.41) is 8.91. The number of rotatable bonds is 4. The Kier molecular flexibility index (Phi) is 5.54. The van der Waals surface area contributed by atoms with E-state index in [0.29, 0.717) is 5.82 Å². The van der Waals surface area contributed by atoms with Gasteiger partial charge < -0.3 is 13.9 Å². The lowest BCUT2D eigenvalue weighted by atomic mass is 10.7. The van der Waals surface area contributed by atoms with E-state index < -0.39 is 11.5 Å². The molecule has 10 nitrogen and oxygen atoms in total. The summed E-state index contributed by atoms with van der Waals surface area (Å²) in [5.41, 5.74) is 0. The molecule has 0 aliphatic heterocycles. The minimum atomic E-state index is -0.554. The van der Waals surface area contributed by atoms with Crippen LogP contribution in [0.3, 0.4) is 0 Å². The quantitative estimate of drug-likeness (QED) is 0.715. The molecule has 0 aliphatic carbocycles. The predicted octanol–water partition coefficient (Wildman–Crippen LogP) is -0.981. The van der Waals surface area contributed by atoms with Crippen molar-refractivity contribution >= 4 is 0 Å². The Hall–Kier alpha value is -2.20. The van der Waals surface area contributed by atoms with Crippen LogP contribution in [0.15, 0.2) is 18.5 Å². The van der Waals surface area contributed by atoms with Gasteiger partial charge in [0.2, 0.25) is 5.89 Å². The van der Waals surface area contributed by atoms with Gasteiger partial charge in [0.05, 0.1) is 0 Å². The summed E-state index contributed by atoms with van der Waals surface area (Å²) in [7, 11) is 3.00. The molecule has 0 fully saturated rings. The number of aromatic amines is 2. The van der Waals surface area contributed by atoms with Crippen LogP contribution in [0.25, 0.3) is 0 Å². The molecule has 0 amide bonds. The summed E-state index contributed by atoms with van der Waals surface area (Å²) in [6, 6.07) is 0. The Morgan fingerprint density at radius 3 is 2.33 bits per heavy atom. The first-order valence-electron chi connectivity index (χ1n) is 4.72. The van der Waals surface area contributed by atoms with Gasteiger partial charge in [-0.05, 0) is 0 Å². The first-order valence-corrected chi connectivity index (χ1v) is 4.72. The SMILES string of the molecule is COCc1n[nH]c(=O)o1.COCc1noc(=O)[nH]1. The molecular formula is C8H12N4O6. The molecule has 0 aliphatic rings. The second-order valence-electron chi connectivity index (χ2n) is 2.91. The summed E-state index contributed by atoms with van der Waals surface area (Å²) in [4.78, 5) is 22.8. The van der Waals surface area contributed by atoms with Crippen LogP contribution in [-0.4, -0.2) is 34.6 Å². The molecule has 18 heavy (non-hydrogen) atoms. The number of ether oxygens (including phenoxy) is 2. The lowest BCUT2D eigenvalue weighted by Crippen LogP contribution is -1.97. The lowest BCUT2D eigenvalue weighted by Gasteiger charge is -1.85. The van der Waals surface area contributed by atoms with Crippen LogP contribution in [0.2, 0.25) is 0 Å². The molecule has 0 radical (unpaired) electrons. The molecule has 0 spiro atoms. The zero-order valence-corrected chi connectivity index (χ0v) is 9.76. The molecule has 100 valence electrons. The van der Waals surface area contributed by atoms with E-state index in [1.165, 1.54) is 14.2 Å². The largest absolute Gasteiger partial charge is 0.438 e. The molecule has 0 bridgehead atoms. The zero-order valence-electron chi connectivity index (χ0n) is 9.76. The monoisotopic (exact) mass is 260 g/mol. The molecule has 10 heteroatoms. The summed E-state index contributed by atoms with van der Waals surface area (Å²) in [5.74, 6) is -0.436. The second-order valence-corrected chi connectivity index (χ2v) is 2.91. The van der Waals surface area contributed by atoms with Gasteiger partial charge in [0.15, 0.2) is 5.82 Å². The number of aromatic nitrogens is 4. The standard InChI is InChI=1S/2C4H6N2O3/c1-8-2-3-5-6-4(7)9-3;1-8-2-3-5-4(7)9-6-3/h2H2,1H3,(H,6,7);2H2,1H3,(H,5,6,7). The third-order valence-corrected chi connectivity index (χ3v) is 1.52. The highest BCUT2D eigenvalue weighted by Gasteiger charge is 1.97. The van der Waals surface area contributed by atoms with Crippen molar-refractivity contribution in [1.29, 1.82) is 0 Å². The van der Waals surface area contributed by atoms with Crippen LogP contribution in [0.1, 0.15) is 11.7 Å². The molecule has 2 aromatic rings. The molecule has 2 aromatic heterocycles. The van der Waals surface area contributed by atoms with Crippen molar-refractivity contribution in [2.75, 3.05) is 14.2 Å². The Balaban J connectivity index is 0.000000180. The van der Waals surface area contributed by atoms with Crippen LogP contribution in [0.5, 0.6) is 0 Å². The Bertz CT molecular complexity index is 502. The van der Waals surface area contributed by atoms with Gasteiger partial charge >= 0.3 is 11.5 Å². The maximum absolute atomic E-state index is 10.2. The van der Waals surface area contributed by atoms with E-state index >= 15 is 0 Å². The maximum Gasteiger partial charge on any atom is 0.438 e. The van der Waals surface area contributed by atoms with E-state index in [1.54, 1.807) is 0 Å². The number of hydrogen-bond donors (Lipinski definition) is 2. The average molecular weight is 260 g/mol. The van der Waals surface area contributed by atoms with E-state index in [-0.39, 0.29) is 19.1 Å². The third kappa shape index (κ3) is 4.76. The first-order chi connectivity index (χ1) is 8.65. The van der Waals surface area contributed by atoms with Crippen LogP contribution >= 0.6 is 0 Å². The van der Waals surface area contributed by atoms with E-state index in [4.69, 9.17) is 0 Å². The lowest BCUT2D eigenvalue weighted by molar-refractivity contribution is 0.158. The fraction of sp³-hybridized carbons (Fsp3) is 0.500. The normalized spacial score (nSPS) is 9.89. The van der Waals surface area contributed by atoms with E-state index in [9.17, 15) is 9.59 Å². The number of methoxy groups -OCH3 is 2. The number of nitrogens with zero attached hydrogens (tertiary/aromatic N) is 2. The van der Waals surface area contributed by atoms with Crippen LogP contribution in [-0.2, 0) is 22.7 Å². The summed E-state index contributed by atoms with van der Waals surface area (Å²) >= 11 is 0. The van der Waals surface area contributed by atoms with Gasteiger partial charge in [-0.2, -0.15) is 0 Å². The third-order valence-electron chi connectivity index (χ3n) is 1.52. The Morgan fingerprint density at radius 1 is 1.17 bits per heavy atom. The van der Waals surface area contributed by atoms with E-state index in [2.05, 4.69) is 38.8 Å². The summed E-state index contributed by atoms with van der Waals surface area (Å²) in [6.07, 6.45) is 0. The molecule has 0 atom stereocenters. The molecule has 2 rings (SSSR count). The van der Waals surface area contributed by atoms with Crippen molar-refractivity contribution in [3.8, 4) is 0 Å². The van der Waals surface area contributed by atoms with Gasteiger partial charge in [0, 0.05) is 14.2 Å². The van der Waals surface area contributed by atoms with Crippen molar-refractivity contribution < 1.29 is 18.4 Å². The molecule has 0 unspecified atom stereocenters. The maximum atomic E-state index is 10.2. The van der Waals surface area contributed by atoms with Gasteiger partial charge in [0.25, 0.3) is 0 Å². The van der Waals surface area contributed by atoms with Gasteiger partial charge in [-0.3, -0.25) is 9.51 Å². The molecule has 0 saturated heterocycles. The first kappa shape index (κ1) is 13.9. The van der Waals surface area contributed by atoms with Crippen molar-refractivity contribution in [2.24, 2.45) is 0 Å². The predicted molar refractivity (Wildman–Crippen MR) is 55.7 cm³/mol. The molecule has 2 N–H and O–H groups in total. The topological polar surface area (TPSA) is 136 Å². The molecule has 0 aromatic carbocycles. The van der Waals surface area contributed by atoms with Gasteiger partial charge in [-0.15, -0.1) is 5.10 Å². The van der Waals surface area contributed by atoms with E-state index in [1.807, 2.05) is 0 Å². The number of H-pyrrole nitrogens is 2. The average Bonchev–Trinajstić information content (AvgIpc) is 2.90. The Labute approximate surface area is 99.9 Å². The minimum absolute atomic E-state index is 0.221. The highest BCUT2D eigenvalue weighted by atomic mass is 16.5. The molecule has 0 saturated carbocycles. The Morgan fingerprint density at radius 2 is 1.89 bits per heavy atom. The van der Waals surface area contributed by atoms with Gasteiger partial charge in [-0.25, -0.2) is 14.7 Å². The summed E-state index contributed by atoms with van der Waals surface area (Å²) < 4.78 is 17.9. The van der Waals surface area contributed by atoms with Crippen LogP contribution in [0, 0.1) is 0 Å². The van der Waals surface area contributed by atoms with Crippen molar-refractivity contribution in [3.63, 3.8) is 0 Å². The van der Waals surface area contributed by atoms with Gasteiger partial charge in [0.1, 0.15) is 13.2 Å². The molecule has 2 heterocycles. The minimum Gasteiger partial charge on any atom is -0.390 e. The highest BCUT2D eigenvalue weighted by molar-refractivity contribution is 4.72. The fourth-order valence-corrected chi connectivity index (χ4v) is 0.905. The number of hydrogen-bond acceptors (Lipinski definition) is 8. The van der Waals surface area contributed by atoms with Gasteiger partial charge in [-0.1, -0.05) is 5.16 Å². The number of nitrogens with one attached hydrogen (secondary N) is 2. The molecular weight excluding hydrogens is 248 g/mol. The highest BCUT2D eigenvalue weighted by Crippen LogP contribution is 1.87. The van der Waals surface area contributed by atoms with Crippen LogP contribution < -0.4 is 11.5 Å². The van der Waals surface area contributed by atoms with Crippen molar-refractivity contribution in [2.45, 2.75) is 13.2 Å². The smallest absolute Gasteiger partial charge is 0.390 e. The summed E-state index contributed by atoms with van der Waals surface area (Å²) in [6.45, 7) is 0.491. The van der Waals surface area contributed by atoms with E-state index in [0.717, 1.165) is 0 Å². The van der Waals surface area contributed by atoms with Crippen molar-refractivity contribution in [3.05, 3.63) is 32.8 Å².